The Labute approximate surface area is 121 Å². The molecule has 2 rings (SSSR count). The number of carbonyl (C=O) groups is 1. The average Bonchev–Trinajstić information content (AvgIpc) is 2.46. The first-order valence-corrected chi connectivity index (χ1v) is 7.45. The molecular weight excluding hydrogens is 250 g/mol. The van der Waals surface area contributed by atoms with E-state index in [1.165, 1.54) is 0 Å². The monoisotopic (exact) mass is 275 g/mol. The van der Waals surface area contributed by atoms with E-state index in [1.54, 1.807) is 7.11 Å². The molecule has 20 heavy (non-hydrogen) atoms. The molecule has 0 aliphatic carbocycles. The van der Waals surface area contributed by atoms with Gasteiger partial charge < -0.3 is 10.1 Å². The maximum absolute atomic E-state index is 13.1. The molecule has 1 N–H and O–H groups in total. The zero-order valence-corrected chi connectivity index (χ0v) is 13.0. The van der Waals surface area contributed by atoms with Crippen molar-refractivity contribution in [2.75, 3.05) is 20.2 Å². The maximum atomic E-state index is 13.1. The topological polar surface area (TPSA) is 38.3 Å². The van der Waals surface area contributed by atoms with Gasteiger partial charge in [-0.05, 0) is 56.8 Å². The molecule has 0 saturated carbocycles. The van der Waals surface area contributed by atoms with Crippen molar-refractivity contribution in [2.24, 2.45) is 5.41 Å². The summed E-state index contributed by atoms with van der Waals surface area (Å²) in [6.07, 6.45) is 2.90. The lowest BCUT2D eigenvalue weighted by Crippen LogP contribution is -2.45. The number of methoxy groups -OCH3 is 1. The molecule has 1 saturated heterocycles. The number of benzene rings is 1. The van der Waals surface area contributed by atoms with Crippen LogP contribution in [0.3, 0.4) is 0 Å². The molecule has 1 aromatic rings. The van der Waals surface area contributed by atoms with Gasteiger partial charge in [-0.3, -0.25) is 4.79 Å². The van der Waals surface area contributed by atoms with E-state index in [2.05, 4.69) is 18.3 Å². The molecule has 1 unspecified atom stereocenters. The average molecular weight is 275 g/mol. The Hall–Kier alpha value is -1.35. The van der Waals surface area contributed by atoms with E-state index in [-0.39, 0.29) is 11.2 Å². The van der Waals surface area contributed by atoms with Crippen molar-refractivity contribution in [1.29, 1.82) is 0 Å². The fraction of sp³-hybridized carbons (Fsp3) is 0.588. The molecule has 3 heteroatoms. The van der Waals surface area contributed by atoms with Crippen molar-refractivity contribution in [1.82, 2.24) is 5.32 Å². The minimum absolute atomic E-state index is 0.238. The zero-order chi connectivity index (χ0) is 14.8. The summed E-state index contributed by atoms with van der Waals surface area (Å²) in [6.45, 7) is 7.93. The highest BCUT2D eigenvalue weighted by atomic mass is 16.5. The van der Waals surface area contributed by atoms with Crippen molar-refractivity contribution >= 4 is 5.78 Å². The van der Waals surface area contributed by atoms with E-state index in [4.69, 9.17) is 4.74 Å². The third-order valence-corrected chi connectivity index (χ3v) is 4.52. The number of Topliss-reactive ketones (excluding diaryl/α,β-unsaturated/α-hetero) is 1. The highest BCUT2D eigenvalue weighted by Gasteiger charge is 2.40. The molecule has 0 bridgehead atoms. The largest absolute Gasteiger partial charge is 0.496 e. The fourth-order valence-electron chi connectivity index (χ4n) is 3.27. The second-order valence-corrected chi connectivity index (χ2v) is 5.90. The Morgan fingerprint density at radius 3 is 2.70 bits per heavy atom. The van der Waals surface area contributed by atoms with Crippen LogP contribution in [0.5, 0.6) is 5.75 Å². The van der Waals surface area contributed by atoms with Gasteiger partial charge in [-0.15, -0.1) is 0 Å². The van der Waals surface area contributed by atoms with Gasteiger partial charge in [-0.25, -0.2) is 0 Å². The lowest BCUT2D eigenvalue weighted by molar-refractivity contribution is 0.0726. The predicted molar refractivity (Wildman–Crippen MR) is 81.6 cm³/mol. The van der Waals surface area contributed by atoms with Crippen LogP contribution in [0.4, 0.5) is 0 Å². The van der Waals surface area contributed by atoms with Gasteiger partial charge >= 0.3 is 0 Å². The number of piperidine rings is 1. The van der Waals surface area contributed by atoms with E-state index < -0.39 is 0 Å². The number of ether oxygens (including phenoxy) is 1. The Bertz CT molecular complexity index is 502. The summed E-state index contributed by atoms with van der Waals surface area (Å²) in [5, 5.41) is 3.38. The highest BCUT2D eigenvalue weighted by molar-refractivity contribution is 6.04. The van der Waals surface area contributed by atoms with Crippen molar-refractivity contribution in [3.8, 4) is 5.75 Å². The first kappa shape index (κ1) is 15.0. The SMILES string of the molecule is CCC1(C(=O)c2c(C)cc(C)cc2OC)CCCNC1. The van der Waals surface area contributed by atoms with Crippen LogP contribution in [-0.4, -0.2) is 26.0 Å². The van der Waals surface area contributed by atoms with Gasteiger partial charge in [0, 0.05) is 12.0 Å². The number of carbonyl (C=O) groups excluding carboxylic acids is 1. The lowest BCUT2D eigenvalue weighted by atomic mass is 9.72. The van der Waals surface area contributed by atoms with Crippen molar-refractivity contribution in [2.45, 2.75) is 40.0 Å². The molecular formula is C17H25NO2. The number of hydrogen-bond acceptors (Lipinski definition) is 3. The standard InChI is InChI=1S/C17H25NO2/c1-5-17(7-6-8-18-11-17)16(19)15-13(3)9-12(2)10-14(15)20-4/h9-10,18H,5-8,11H2,1-4H3. The molecule has 1 aliphatic heterocycles. The summed E-state index contributed by atoms with van der Waals surface area (Å²) in [5.74, 6) is 0.951. The second kappa shape index (κ2) is 5.96. The lowest BCUT2D eigenvalue weighted by Gasteiger charge is -2.36. The number of hydrogen-bond donors (Lipinski definition) is 1. The number of nitrogens with one attached hydrogen (secondary N) is 1. The molecule has 1 heterocycles. The van der Waals surface area contributed by atoms with Crippen molar-refractivity contribution in [3.63, 3.8) is 0 Å². The minimum atomic E-state index is -0.272. The van der Waals surface area contributed by atoms with Crippen LogP contribution in [0.25, 0.3) is 0 Å². The first-order valence-electron chi connectivity index (χ1n) is 7.45. The number of rotatable bonds is 4. The van der Waals surface area contributed by atoms with Crippen LogP contribution < -0.4 is 10.1 Å². The molecule has 3 nitrogen and oxygen atoms in total. The van der Waals surface area contributed by atoms with E-state index in [9.17, 15) is 4.79 Å². The molecule has 0 spiro atoms. The van der Waals surface area contributed by atoms with E-state index >= 15 is 0 Å². The molecule has 0 aromatic heterocycles. The van der Waals surface area contributed by atoms with Gasteiger partial charge in [0.15, 0.2) is 5.78 Å². The van der Waals surface area contributed by atoms with Crippen LogP contribution in [0, 0.1) is 19.3 Å². The molecule has 0 radical (unpaired) electrons. The van der Waals surface area contributed by atoms with Gasteiger partial charge in [0.1, 0.15) is 5.75 Å². The van der Waals surface area contributed by atoms with E-state index in [1.807, 2.05) is 19.9 Å². The molecule has 1 fully saturated rings. The van der Waals surface area contributed by atoms with Crippen LogP contribution >= 0.6 is 0 Å². The van der Waals surface area contributed by atoms with Gasteiger partial charge in [0.05, 0.1) is 12.7 Å². The van der Waals surface area contributed by atoms with E-state index in [0.717, 1.165) is 49.0 Å². The number of aryl methyl sites for hydroxylation is 2. The predicted octanol–water partition coefficient (Wildman–Crippen LogP) is 3.27. The first-order chi connectivity index (χ1) is 9.54. The maximum Gasteiger partial charge on any atom is 0.174 e. The molecule has 110 valence electrons. The fourth-order valence-corrected chi connectivity index (χ4v) is 3.27. The van der Waals surface area contributed by atoms with Gasteiger partial charge in [-0.2, -0.15) is 0 Å². The van der Waals surface area contributed by atoms with Crippen LogP contribution in [-0.2, 0) is 0 Å². The van der Waals surface area contributed by atoms with Gasteiger partial charge in [-0.1, -0.05) is 13.0 Å². The second-order valence-electron chi connectivity index (χ2n) is 5.90. The summed E-state index contributed by atoms with van der Waals surface area (Å²) in [5.41, 5.74) is 2.64. The highest BCUT2D eigenvalue weighted by Crippen LogP contribution is 2.38. The molecule has 1 aliphatic rings. The van der Waals surface area contributed by atoms with Crippen molar-refractivity contribution < 1.29 is 9.53 Å². The van der Waals surface area contributed by atoms with Crippen LogP contribution in [0.1, 0.15) is 47.7 Å². The summed E-state index contributed by atoms with van der Waals surface area (Å²) < 4.78 is 5.47. The third kappa shape index (κ3) is 2.59. The summed E-state index contributed by atoms with van der Waals surface area (Å²) in [6, 6.07) is 4.02. The molecule has 1 aromatic carbocycles. The quantitative estimate of drug-likeness (QED) is 0.857. The Kier molecular flexibility index (Phi) is 4.48. The smallest absolute Gasteiger partial charge is 0.174 e. The normalized spacial score (nSPS) is 22.6. The Morgan fingerprint density at radius 2 is 2.15 bits per heavy atom. The Morgan fingerprint density at radius 1 is 1.40 bits per heavy atom. The van der Waals surface area contributed by atoms with Crippen LogP contribution in [0.2, 0.25) is 0 Å². The van der Waals surface area contributed by atoms with Crippen molar-refractivity contribution in [3.05, 3.63) is 28.8 Å². The summed E-state index contributed by atoms with van der Waals surface area (Å²) in [7, 11) is 1.64. The molecule has 1 atom stereocenters. The summed E-state index contributed by atoms with van der Waals surface area (Å²) >= 11 is 0. The minimum Gasteiger partial charge on any atom is -0.496 e. The van der Waals surface area contributed by atoms with Crippen LogP contribution in [0.15, 0.2) is 12.1 Å². The van der Waals surface area contributed by atoms with Gasteiger partial charge in [0.25, 0.3) is 0 Å². The Balaban J connectivity index is 2.46. The third-order valence-electron chi connectivity index (χ3n) is 4.52. The zero-order valence-electron chi connectivity index (χ0n) is 13.0. The van der Waals surface area contributed by atoms with Gasteiger partial charge in [0.2, 0.25) is 0 Å². The van der Waals surface area contributed by atoms with E-state index in [0.29, 0.717) is 5.75 Å². The number of ketones is 1. The molecule has 0 amide bonds. The summed E-state index contributed by atoms with van der Waals surface area (Å²) in [4.78, 5) is 13.1.